The number of anilines is 2. The molecule has 1 amide bonds. The third-order valence-corrected chi connectivity index (χ3v) is 5.10. The van der Waals surface area contributed by atoms with E-state index in [1.807, 2.05) is 0 Å². The predicted molar refractivity (Wildman–Crippen MR) is 97.3 cm³/mol. The van der Waals surface area contributed by atoms with Crippen LogP contribution in [0.2, 0.25) is 0 Å². The summed E-state index contributed by atoms with van der Waals surface area (Å²) in [6.07, 6.45) is 5.73. The van der Waals surface area contributed by atoms with Crippen LogP contribution < -0.4 is 9.80 Å². The number of hydrogen-bond acceptors (Lipinski definition) is 7. The van der Waals surface area contributed by atoms with Crippen LogP contribution in [0.15, 0.2) is 29.0 Å². The molecule has 4 heterocycles. The van der Waals surface area contributed by atoms with Gasteiger partial charge in [0, 0.05) is 39.3 Å². The standard InChI is InChI=1S/C18H24N6O2/c1-14-4-2-6-24(13-14)16-12-19-21-18(20-16)23-9-7-22(8-10-23)17(25)15-5-3-11-26-15/h3,5,11-12,14H,2,4,6-10,13H2,1H3. The fourth-order valence-corrected chi connectivity index (χ4v) is 3.64. The van der Waals surface area contributed by atoms with Crippen molar-refractivity contribution in [2.75, 3.05) is 49.1 Å². The van der Waals surface area contributed by atoms with Crippen molar-refractivity contribution in [2.24, 2.45) is 5.92 Å². The van der Waals surface area contributed by atoms with E-state index in [0.29, 0.717) is 43.8 Å². The Balaban J connectivity index is 1.40. The fourth-order valence-electron chi connectivity index (χ4n) is 3.64. The first-order chi connectivity index (χ1) is 12.7. The molecule has 8 nitrogen and oxygen atoms in total. The van der Waals surface area contributed by atoms with Crippen molar-refractivity contribution >= 4 is 17.7 Å². The zero-order chi connectivity index (χ0) is 17.9. The van der Waals surface area contributed by atoms with Crippen LogP contribution in [0, 0.1) is 5.92 Å². The van der Waals surface area contributed by atoms with Crippen LogP contribution in [0.25, 0.3) is 0 Å². The summed E-state index contributed by atoms with van der Waals surface area (Å²) in [5.74, 6) is 2.54. The lowest BCUT2D eigenvalue weighted by Crippen LogP contribution is -2.49. The first-order valence-electron chi connectivity index (χ1n) is 9.23. The SMILES string of the molecule is CC1CCCN(c2cnnc(N3CCN(C(=O)c4ccco4)CC3)n2)C1. The quantitative estimate of drug-likeness (QED) is 0.827. The van der Waals surface area contributed by atoms with Crippen molar-refractivity contribution in [3.8, 4) is 0 Å². The Morgan fingerprint density at radius 1 is 1.19 bits per heavy atom. The average molecular weight is 356 g/mol. The summed E-state index contributed by atoms with van der Waals surface area (Å²) >= 11 is 0. The molecular weight excluding hydrogens is 332 g/mol. The molecule has 0 radical (unpaired) electrons. The van der Waals surface area contributed by atoms with Crippen molar-refractivity contribution in [3.63, 3.8) is 0 Å². The molecule has 2 aliphatic heterocycles. The van der Waals surface area contributed by atoms with Gasteiger partial charge in [-0.3, -0.25) is 4.79 Å². The van der Waals surface area contributed by atoms with Gasteiger partial charge in [0.1, 0.15) is 0 Å². The molecular formula is C18H24N6O2. The highest BCUT2D eigenvalue weighted by molar-refractivity contribution is 5.91. The number of aromatic nitrogens is 3. The molecule has 0 bridgehead atoms. The maximum Gasteiger partial charge on any atom is 0.289 e. The van der Waals surface area contributed by atoms with Gasteiger partial charge in [-0.15, -0.1) is 5.10 Å². The van der Waals surface area contributed by atoms with E-state index in [9.17, 15) is 4.79 Å². The lowest BCUT2D eigenvalue weighted by atomic mass is 10.0. The minimum atomic E-state index is -0.0650. The predicted octanol–water partition coefficient (Wildman–Crippen LogP) is 1.66. The molecule has 2 fully saturated rings. The van der Waals surface area contributed by atoms with E-state index >= 15 is 0 Å². The summed E-state index contributed by atoms with van der Waals surface area (Å²) < 4.78 is 5.21. The zero-order valence-corrected chi connectivity index (χ0v) is 15.0. The number of rotatable bonds is 3. The van der Waals surface area contributed by atoms with Crippen LogP contribution in [0.5, 0.6) is 0 Å². The molecule has 1 unspecified atom stereocenters. The Labute approximate surface area is 152 Å². The van der Waals surface area contributed by atoms with Crippen molar-refractivity contribution < 1.29 is 9.21 Å². The van der Waals surface area contributed by atoms with Crippen LogP contribution in [0.3, 0.4) is 0 Å². The molecule has 2 aromatic heterocycles. The van der Waals surface area contributed by atoms with Gasteiger partial charge in [-0.1, -0.05) is 6.92 Å². The van der Waals surface area contributed by atoms with Crippen LogP contribution in [0.4, 0.5) is 11.8 Å². The van der Waals surface area contributed by atoms with E-state index in [2.05, 4.69) is 26.9 Å². The van der Waals surface area contributed by atoms with E-state index in [1.165, 1.54) is 19.1 Å². The molecule has 0 spiro atoms. The van der Waals surface area contributed by atoms with Crippen LogP contribution in [-0.4, -0.2) is 65.3 Å². The summed E-state index contributed by atoms with van der Waals surface area (Å²) in [4.78, 5) is 23.3. The van der Waals surface area contributed by atoms with Gasteiger partial charge in [0.2, 0.25) is 5.95 Å². The second kappa shape index (κ2) is 7.31. The maximum atomic E-state index is 12.4. The number of nitrogens with zero attached hydrogens (tertiary/aromatic N) is 6. The number of carbonyl (C=O) groups excluding carboxylic acids is 1. The summed E-state index contributed by atoms with van der Waals surface area (Å²) in [7, 11) is 0. The summed E-state index contributed by atoms with van der Waals surface area (Å²) in [6, 6.07) is 3.43. The van der Waals surface area contributed by atoms with Crippen molar-refractivity contribution in [2.45, 2.75) is 19.8 Å². The van der Waals surface area contributed by atoms with E-state index in [4.69, 9.17) is 9.40 Å². The molecule has 2 saturated heterocycles. The van der Waals surface area contributed by atoms with Crippen LogP contribution >= 0.6 is 0 Å². The highest BCUT2D eigenvalue weighted by atomic mass is 16.3. The second-order valence-electron chi connectivity index (χ2n) is 7.06. The van der Waals surface area contributed by atoms with Crippen molar-refractivity contribution in [3.05, 3.63) is 30.4 Å². The first-order valence-corrected chi connectivity index (χ1v) is 9.23. The maximum absolute atomic E-state index is 12.4. The Kier molecular flexibility index (Phi) is 4.73. The topological polar surface area (TPSA) is 78.6 Å². The highest BCUT2D eigenvalue weighted by Crippen LogP contribution is 2.22. The lowest BCUT2D eigenvalue weighted by Gasteiger charge is -2.35. The number of piperidine rings is 1. The normalized spacial score (nSPS) is 21.1. The summed E-state index contributed by atoms with van der Waals surface area (Å²) in [5, 5.41) is 8.38. The fraction of sp³-hybridized carbons (Fsp3) is 0.556. The zero-order valence-electron chi connectivity index (χ0n) is 15.0. The molecule has 26 heavy (non-hydrogen) atoms. The lowest BCUT2D eigenvalue weighted by molar-refractivity contribution is 0.0714. The third kappa shape index (κ3) is 3.49. The molecule has 2 aromatic rings. The molecule has 4 rings (SSSR count). The average Bonchev–Trinajstić information content (AvgIpc) is 3.22. The molecule has 0 saturated carbocycles. The minimum Gasteiger partial charge on any atom is -0.459 e. The smallest absolute Gasteiger partial charge is 0.289 e. The Morgan fingerprint density at radius 3 is 2.77 bits per heavy atom. The van der Waals surface area contributed by atoms with Gasteiger partial charge in [-0.05, 0) is 30.9 Å². The van der Waals surface area contributed by atoms with Crippen molar-refractivity contribution in [1.82, 2.24) is 20.1 Å². The Morgan fingerprint density at radius 2 is 2.04 bits per heavy atom. The number of furan rings is 1. The first kappa shape index (κ1) is 16.8. The number of amides is 1. The van der Waals surface area contributed by atoms with Gasteiger partial charge in [0.05, 0.1) is 12.5 Å². The van der Waals surface area contributed by atoms with Gasteiger partial charge in [-0.25, -0.2) is 0 Å². The molecule has 8 heteroatoms. The van der Waals surface area contributed by atoms with E-state index in [0.717, 1.165) is 18.9 Å². The third-order valence-electron chi connectivity index (χ3n) is 5.10. The van der Waals surface area contributed by atoms with Gasteiger partial charge in [0.15, 0.2) is 11.6 Å². The molecule has 2 aliphatic rings. The van der Waals surface area contributed by atoms with Crippen LogP contribution in [-0.2, 0) is 0 Å². The summed E-state index contributed by atoms with van der Waals surface area (Å²) in [6.45, 7) is 6.93. The molecule has 138 valence electrons. The van der Waals surface area contributed by atoms with Crippen molar-refractivity contribution in [1.29, 1.82) is 0 Å². The summed E-state index contributed by atoms with van der Waals surface area (Å²) in [5.41, 5.74) is 0. The largest absolute Gasteiger partial charge is 0.459 e. The van der Waals surface area contributed by atoms with Gasteiger partial charge >= 0.3 is 0 Å². The molecule has 0 aromatic carbocycles. The second-order valence-corrected chi connectivity index (χ2v) is 7.06. The van der Waals surface area contributed by atoms with E-state index in [-0.39, 0.29) is 5.91 Å². The Hall–Kier alpha value is -2.64. The van der Waals surface area contributed by atoms with Gasteiger partial charge < -0.3 is 19.1 Å². The molecule has 0 aliphatic carbocycles. The van der Waals surface area contributed by atoms with E-state index < -0.39 is 0 Å². The monoisotopic (exact) mass is 356 g/mol. The van der Waals surface area contributed by atoms with Gasteiger partial charge in [0.25, 0.3) is 5.91 Å². The minimum absolute atomic E-state index is 0.0650. The Bertz CT molecular complexity index is 742. The molecule has 0 N–H and O–H groups in total. The number of hydrogen-bond donors (Lipinski definition) is 0. The number of carbonyl (C=O) groups is 1. The van der Waals surface area contributed by atoms with E-state index in [1.54, 1.807) is 23.2 Å². The highest BCUT2D eigenvalue weighted by Gasteiger charge is 2.26. The molecule has 1 atom stereocenters. The number of piperazine rings is 1. The van der Waals surface area contributed by atoms with Crippen LogP contribution in [0.1, 0.15) is 30.3 Å². The van der Waals surface area contributed by atoms with Gasteiger partial charge in [-0.2, -0.15) is 10.1 Å².